The number of piperidine rings is 2. The van der Waals surface area contributed by atoms with Gasteiger partial charge in [-0.2, -0.15) is 5.26 Å². The summed E-state index contributed by atoms with van der Waals surface area (Å²) in [6, 6.07) is 19.1. The van der Waals surface area contributed by atoms with Crippen LogP contribution in [0.1, 0.15) is 96.4 Å². The minimum atomic E-state index is -0.984. The third-order valence-corrected chi connectivity index (χ3v) is 13.3. The Balaban J connectivity index is 0.786. The smallest absolute Gasteiger partial charge is 0.262 e. The van der Waals surface area contributed by atoms with Gasteiger partial charge in [0, 0.05) is 78.4 Å². The van der Waals surface area contributed by atoms with E-state index < -0.39 is 29.7 Å². The van der Waals surface area contributed by atoms with E-state index in [1.807, 2.05) is 30.3 Å². The summed E-state index contributed by atoms with van der Waals surface area (Å²) >= 11 is 6.25. The van der Waals surface area contributed by atoms with Crippen LogP contribution in [0.15, 0.2) is 60.7 Å². The summed E-state index contributed by atoms with van der Waals surface area (Å²) in [7, 11) is 0. The van der Waals surface area contributed by atoms with E-state index in [1.54, 1.807) is 30.3 Å². The fraction of sp³-hybridized carbons (Fsp3) is 0.467. The highest BCUT2D eigenvalue weighted by Crippen LogP contribution is 2.55. The van der Waals surface area contributed by atoms with Crippen molar-refractivity contribution in [3.63, 3.8) is 0 Å². The van der Waals surface area contributed by atoms with Crippen LogP contribution in [0.4, 0.5) is 11.4 Å². The van der Waals surface area contributed by atoms with E-state index in [1.165, 1.54) is 0 Å². The number of nitrogens with zero attached hydrogens (tertiary/aromatic N) is 4. The lowest BCUT2D eigenvalue weighted by atomic mass is 9.49. The van der Waals surface area contributed by atoms with Gasteiger partial charge in [0.1, 0.15) is 24.0 Å². The normalized spacial score (nSPS) is 25.0. The summed E-state index contributed by atoms with van der Waals surface area (Å²) in [5, 5.41) is 15.1. The summed E-state index contributed by atoms with van der Waals surface area (Å²) in [4.78, 5) is 69.5. The highest BCUT2D eigenvalue weighted by atomic mass is 35.5. The average Bonchev–Trinajstić information content (AvgIpc) is 3.80. The van der Waals surface area contributed by atoms with E-state index in [2.05, 4.69) is 54.2 Å². The zero-order chi connectivity index (χ0) is 41.8. The Bertz CT molecular complexity index is 2230. The lowest BCUT2D eigenvalue weighted by Crippen LogP contribution is -2.74. The molecule has 4 aliphatic heterocycles. The number of hydrogen-bond donors (Lipinski definition) is 2. The predicted octanol–water partition coefficient (Wildman–Crippen LogP) is 5.74. The SMILES string of the molecule is CC1(C)C(NC(=O)c2ccc(N3CCC(OC[C@@H]4CCN(c5ccc6c(c5)C(=O)N(C5CCC(=O)NC5=O)C6=O)C4)CC3)cc2)C(C)(C)C1Oc1ccc(C#N)c(Cl)c1. The largest absolute Gasteiger partial charge is 0.489 e. The van der Waals surface area contributed by atoms with Crippen LogP contribution < -0.4 is 25.2 Å². The quantitative estimate of drug-likeness (QED) is 0.242. The second kappa shape index (κ2) is 15.6. The Morgan fingerprint density at radius 3 is 2.22 bits per heavy atom. The molecule has 3 saturated heterocycles. The lowest BCUT2D eigenvalue weighted by molar-refractivity contribution is -0.164. The molecule has 3 aromatic rings. The molecule has 308 valence electrons. The fourth-order valence-corrected chi connectivity index (χ4v) is 10.3. The van der Waals surface area contributed by atoms with Crippen LogP contribution >= 0.6 is 11.6 Å². The molecule has 4 heterocycles. The number of amides is 5. The summed E-state index contributed by atoms with van der Waals surface area (Å²) in [5.41, 5.74) is 2.77. The van der Waals surface area contributed by atoms with Crippen molar-refractivity contribution in [3.05, 3.63) is 87.9 Å². The Hall–Kier alpha value is -5.45. The molecule has 5 amide bonds. The standard InChI is InChI=1S/C45H49ClN6O7/c1-44(2)42(45(3,4)43(44)59-32-11-7-28(23-47)35(46)22-32)49-38(54)27-5-8-29(9-6-27)50-19-16-31(17-20-50)58-25-26-15-18-51(24-26)30-10-12-33-34(21-30)41(57)52(40(33)56)36-13-14-37(53)48-39(36)55/h5-12,21-22,26,31,36,42-43H,13-20,24-25H2,1-4H3,(H,49,54)(H,48,53,55)/t26-,36?,42?,43?/m1/s1. The molecule has 4 fully saturated rings. The molecule has 0 spiro atoms. The molecule has 0 bridgehead atoms. The van der Waals surface area contributed by atoms with Gasteiger partial charge in [0.2, 0.25) is 11.8 Å². The zero-order valence-corrected chi connectivity index (χ0v) is 34.5. The Labute approximate surface area is 348 Å². The molecule has 5 aliphatic rings. The van der Waals surface area contributed by atoms with Crippen LogP contribution in [-0.4, -0.2) is 91.5 Å². The number of fused-ring (bicyclic) bond motifs is 1. The molecule has 2 atom stereocenters. The summed E-state index contributed by atoms with van der Waals surface area (Å²) < 4.78 is 12.8. The number of anilines is 2. The molecule has 8 rings (SSSR count). The molecular weight excluding hydrogens is 772 g/mol. The number of nitrogens with one attached hydrogen (secondary N) is 2. The first-order valence-electron chi connectivity index (χ1n) is 20.4. The summed E-state index contributed by atoms with van der Waals surface area (Å²) in [6.07, 6.45) is 2.92. The van der Waals surface area contributed by atoms with Crippen LogP contribution in [0.2, 0.25) is 5.02 Å². The van der Waals surface area contributed by atoms with Crippen molar-refractivity contribution >= 4 is 52.5 Å². The fourth-order valence-electron chi connectivity index (χ4n) is 10.0. The minimum absolute atomic E-state index is 0.0832. The van der Waals surface area contributed by atoms with E-state index in [4.69, 9.17) is 21.1 Å². The van der Waals surface area contributed by atoms with Crippen LogP contribution in [-0.2, 0) is 14.3 Å². The molecule has 1 saturated carbocycles. The van der Waals surface area contributed by atoms with Gasteiger partial charge in [0.15, 0.2) is 0 Å². The minimum Gasteiger partial charge on any atom is -0.489 e. The number of carbonyl (C=O) groups is 5. The van der Waals surface area contributed by atoms with Gasteiger partial charge in [-0.1, -0.05) is 39.3 Å². The monoisotopic (exact) mass is 820 g/mol. The van der Waals surface area contributed by atoms with Crippen molar-refractivity contribution in [2.75, 3.05) is 42.6 Å². The van der Waals surface area contributed by atoms with Crippen LogP contribution in [0.5, 0.6) is 5.75 Å². The maximum Gasteiger partial charge on any atom is 0.262 e. The Kier molecular flexibility index (Phi) is 10.7. The van der Waals surface area contributed by atoms with Crippen molar-refractivity contribution in [1.82, 2.24) is 15.5 Å². The Morgan fingerprint density at radius 1 is 0.864 bits per heavy atom. The summed E-state index contributed by atoms with van der Waals surface area (Å²) in [5.74, 6) is -1.23. The number of benzene rings is 3. The van der Waals surface area contributed by atoms with Gasteiger partial charge in [-0.05, 0) is 80.3 Å². The number of rotatable bonds is 10. The number of carbonyl (C=O) groups excluding carboxylic acids is 5. The van der Waals surface area contributed by atoms with Gasteiger partial charge in [-0.3, -0.25) is 34.2 Å². The van der Waals surface area contributed by atoms with E-state index in [0.717, 1.165) is 61.7 Å². The molecule has 0 aromatic heterocycles. The van der Waals surface area contributed by atoms with Crippen molar-refractivity contribution in [2.45, 2.75) is 84.1 Å². The lowest BCUT2D eigenvalue weighted by Gasteiger charge is -2.63. The third kappa shape index (κ3) is 7.53. The maximum atomic E-state index is 13.5. The summed E-state index contributed by atoms with van der Waals surface area (Å²) in [6.45, 7) is 12.3. The van der Waals surface area contributed by atoms with Crippen LogP contribution in [0, 0.1) is 28.1 Å². The van der Waals surface area contributed by atoms with Crippen molar-refractivity contribution in [3.8, 4) is 11.8 Å². The molecule has 2 N–H and O–H groups in total. The van der Waals surface area contributed by atoms with Gasteiger partial charge in [-0.25, -0.2) is 0 Å². The van der Waals surface area contributed by atoms with E-state index in [-0.39, 0.29) is 59.0 Å². The second-order valence-electron chi connectivity index (χ2n) is 17.6. The second-order valence-corrected chi connectivity index (χ2v) is 18.1. The van der Waals surface area contributed by atoms with Gasteiger partial charge in [-0.15, -0.1) is 0 Å². The molecule has 1 unspecified atom stereocenters. The van der Waals surface area contributed by atoms with E-state index in [9.17, 15) is 29.2 Å². The number of imide groups is 2. The highest BCUT2D eigenvalue weighted by molar-refractivity contribution is 6.31. The zero-order valence-electron chi connectivity index (χ0n) is 33.8. The van der Waals surface area contributed by atoms with Crippen molar-refractivity contribution < 1.29 is 33.4 Å². The molecule has 0 radical (unpaired) electrons. The van der Waals surface area contributed by atoms with Gasteiger partial charge < -0.3 is 24.6 Å². The first-order valence-corrected chi connectivity index (χ1v) is 20.8. The van der Waals surface area contributed by atoms with Gasteiger partial charge in [0.25, 0.3) is 17.7 Å². The Morgan fingerprint density at radius 2 is 1.54 bits per heavy atom. The molecular formula is C45H49ClN6O7. The first-order chi connectivity index (χ1) is 28.1. The maximum absolute atomic E-state index is 13.5. The topological polar surface area (TPSA) is 161 Å². The van der Waals surface area contributed by atoms with Gasteiger partial charge >= 0.3 is 0 Å². The number of ether oxygens (including phenoxy) is 2. The van der Waals surface area contributed by atoms with E-state index >= 15 is 0 Å². The molecule has 13 nitrogen and oxygen atoms in total. The van der Waals surface area contributed by atoms with Crippen LogP contribution in [0.3, 0.4) is 0 Å². The van der Waals surface area contributed by atoms with Gasteiger partial charge in [0.05, 0.1) is 34.4 Å². The molecule has 1 aliphatic carbocycles. The van der Waals surface area contributed by atoms with Crippen molar-refractivity contribution in [1.29, 1.82) is 5.26 Å². The number of halogens is 1. The molecule has 59 heavy (non-hydrogen) atoms. The van der Waals surface area contributed by atoms with E-state index in [0.29, 0.717) is 34.4 Å². The third-order valence-electron chi connectivity index (χ3n) is 13.0. The number of hydrogen-bond acceptors (Lipinski definition) is 10. The number of nitriles is 1. The van der Waals surface area contributed by atoms with Crippen molar-refractivity contribution in [2.24, 2.45) is 16.7 Å². The highest BCUT2D eigenvalue weighted by Gasteiger charge is 2.64. The predicted molar refractivity (Wildman–Crippen MR) is 220 cm³/mol. The molecule has 3 aromatic carbocycles. The average molecular weight is 821 g/mol. The van der Waals surface area contributed by atoms with Crippen LogP contribution in [0.25, 0.3) is 0 Å². The molecule has 14 heteroatoms. The first kappa shape index (κ1) is 40.3.